The fourth-order valence-electron chi connectivity index (χ4n) is 3.50. The third-order valence-electron chi connectivity index (χ3n) is 4.98. The maximum Gasteiger partial charge on any atom is 0.407 e. The zero-order valence-electron chi connectivity index (χ0n) is 16.8. The number of unbranched alkanes of at least 4 members (excludes halogenated alkanes) is 1. The lowest BCUT2D eigenvalue weighted by molar-refractivity contribution is 0.0520. The van der Waals surface area contributed by atoms with E-state index in [0.717, 1.165) is 18.3 Å². The number of carbonyl (C=O) groups is 1. The van der Waals surface area contributed by atoms with Gasteiger partial charge in [-0.25, -0.2) is 4.79 Å². The van der Waals surface area contributed by atoms with Crippen LogP contribution in [0.3, 0.4) is 0 Å². The Bertz CT molecular complexity index is 355. The summed E-state index contributed by atoms with van der Waals surface area (Å²) in [5.74, 6) is 1.69. The molecular weight excluding hydrogens is 300 g/mol. The van der Waals surface area contributed by atoms with Crippen LogP contribution < -0.4 is 10.6 Å². The van der Waals surface area contributed by atoms with E-state index in [4.69, 9.17) is 4.74 Å². The van der Waals surface area contributed by atoms with Gasteiger partial charge in [0.1, 0.15) is 5.60 Å². The first-order valence-electron chi connectivity index (χ1n) is 9.94. The van der Waals surface area contributed by atoms with Crippen LogP contribution in [0.1, 0.15) is 86.5 Å². The summed E-state index contributed by atoms with van der Waals surface area (Å²) in [6.07, 6.45) is 8.35. The number of alkyl carbamates (subject to hydrolysis) is 1. The number of nitrogens with one attached hydrogen (secondary N) is 2. The number of ether oxygens (including phenoxy) is 1. The van der Waals surface area contributed by atoms with Crippen molar-refractivity contribution in [3.63, 3.8) is 0 Å². The zero-order chi connectivity index (χ0) is 18.2. The van der Waals surface area contributed by atoms with Crippen LogP contribution in [0.2, 0.25) is 0 Å². The lowest BCUT2D eigenvalue weighted by atomic mass is 9.79. The van der Waals surface area contributed by atoms with Crippen molar-refractivity contribution in [3.8, 4) is 0 Å². The Morgan fingerprint density at radius 1 is 1.17 bits per heavy atom. The molecule has 0 aliphatic heterocycles. The predicted molar refractivity (Wildman–Crippen MR) is 101 cm³/mol. The average molecular weight is 341 g/mol. The van der Waals surface area contributed by atoms with Crippen molar-refractivity contribution in [1.82, 2.24) is 10.6 Å². The summed E-state index contributed by atoms with van der Waals surface area (Å²) in [6.45, 7) is 13.2. The minimum Gasteiger partial charge on any atom is -0.444 e. The maximum atomic E-state index is 11.9. The number of carbonyl (C=O) groups excluding carboxylic acids is 1. The van der Waals surface area contributed by atoms with Crippen molar-refractivity contribution in [3.05, 3.63) is 0 Å². The van der Waals surface area contributed by atoms with Gasteiger partial charge in [0.2, 0.25) is 0 Å². The van der Waals surface area contributed by atoms with Crippen molar-refractivity contribution in [2.24, 2.45) is 11.8 Å². The van der Waals surface area contributed by atoms with Crippen LogP contribution in [0.5, 0.6) is 0 Å². The molecule has 4 heteroatoms. The lowest BCUT2D eigenvalue weighted by Gasteiger charge is -2.34. The molecule has 24 heavy (non-hydrogen) atoms. The van der Waals surface area contributed by atoms with E-state index in [0.29, 0.717) is 18.6 Å². The maximum absolute atomic E-state index is 11.9. The molecule has 1 aliphatic carbocycles. The Labute approximate surface area is 149 Å². The highest BCUT2D eigenvalue weighted by atomic mass is 16.6. The highest BCUT2D eigenvalue weighted by Gasteiger charge is 2.25. The van der Waals surface area contributed by atoms with E-state index in [1.807, 2.05) is 20.8 Å². The van der Waals surface area contributed by atoms with Crippen LogP contribution in [0.25, 0.3) is 0 Å². The number of hydrogen-bond acceptors (Lipinski definition) is 3. The quantitative estimate of drug-likeness (QED) is 0.662. The summed E-state index contributed by atoms with van der Waals surface area (Å²) in [4.78, 5) is 11.9. The summed E-state index contributed by atoms with van der Waals surface area (Å²) in [6, 6.07) is 0.945. The second-order valence-electron chi connectivity index (χ2n) is 8.74. The number of hydrogen-bond donors (Lipinski definition) is 2. The van der Waals surface area contributed by atoms with Gasteiger partial charge in [-0.15, -0.1) is 0 Å². The van der Waals surface area contributed by atoms with Gasteiger partial charge in [0.15, 0.2) is 0 Å². The summed E-state index contributed by atoms with van der Waals surface area (Å²) in [5, 5.41) is 6.74. The number of rotatable bonds is 8. The molecule has 1 fully saturated rings. The summed E-state index contributed by atoms with van der Waals surface area (Å²) < 4.78 is 5.35. The summed E-state index contributed by atoms with van der Waals surface area (Å²) >= 11 is 0. The molecule has 1 rings (SSSR count). The van der Waals surface area contributed by atoms with Gasteiger partial charge < -0.3 is 15.4 Å². The lowest BCUT2D eigenvalue weighted by Crippen LogP contribution is -2.47. The smallest absolute Gasteiger partial charge is 0.407 e. The third-order valence-corrected chi connectivity index (χ3v) is 4.98. The van der Waals surface area contributed by atoms with E-state index >= 15 is 0 Å². The Kier molecular flexibility index (Phi) is 9.11. The molecule has 142 valence electrons. The molecule has 0 aromatic carbocycles. The molecule has 0 aromatic heterocycles. The fraction of sp³-hybridized carbons (Fsp3) is 0.950. The molecule has 1 atom stereocenters. The Morgan fingerprint density at radius 3 is 2.29 bits per heavy atom. The van der Waals surface area contributed by atoms with Crippen molar-refractivity contribution >= 4 is 6.09 Å². The zero-order valence-corrected chi connectivity index (χ0v) is 16.8. The summed E-state index contributed by atoms with van der Waals surface area (Å²) in [7, 11) is 0. The van der Waals surface area contributed by atoms with Crippen LogP contribution in [0.15, 0.2) is 0 Å². The second-order valence-corrected chi connectivity index (χ2v) is 8.74. The average Bonchev–Trinajstić information content (AvgIpc) is 2.48. The van der Waals surface area contributed by atoms with Gasteiger partial charge in [0.25, 0.3) is 0 Å². The molecule has 1 amide bonds. The molecule has 1 unspecified atom stereocenters. The highest BCUT2D eigenvalue weighted by Crippen LogP contribution is 2.30. The van der Waals surface area contributed by atoms with Gasteiger partial charge in [0.05, 0.1) is 0 Å². The first-order valence-corrected chi connectivity index (χ1v) is 9.94. The largest absolute Gasteiger partial charge is 0.444 e. The molecule has 4 nitrogen and oxygen atoms in total. The first kappa shape index (κ1) is 21.3. The summed E-state index contributed by atoms with van der Waals surface area (Å²) in [5.41, 5.74) is -0.439. The molecule has 1 saturated carbocycles. The van der Waals surface area contributed by atoms with Gasteiger partial charge in [-0.3, -0.25) is 0 Å². The van der Waals surface area contributed by atoms with Gasteiger partial charge in [-0.1, -0.05) is 33.6 Å². The monoisotopic (exact) mass is 340 g/mol. The molecule has 0 aromatic rings. The Hall–Kier alpha value is -0.770. The van der Waals surface area contributed by atoms with E-state index in [2.05, 4.69) is 31.4 Å². The van der Waals surface area contributed by atoms with Crippen molar-refractivity contribution in [1.29, 1.82) is 0 Å². The van der Waals surface area contributed by atoms with Gasteiger partial charge in [-0.2, -0.15) is 0 Å². The first-order chi connectivity index (χ1) is 11.2. The van der Waals surface area contributed by atoms with Crippen LogP contribution >= 0.6 is 0 Å². The van der Waals surface area contributed by atoms with Crippen molar-refractivity contribution in [2.75, 3.05) is 6.54 Å². The molecule has 0 bridgehead atoms. The molecule has 0 spiro atoms. The van der Waals surface area contributed by atoms with E-state index in [-0.39, 0.29) is 6.09 Å². The predicted octanol–water partition coefficient (Wildman–Crippen LogP) is 4.87. The van der Waals surface area contributed by atoms with Gasteiger partial charge in [-0.05, 0) is 64.7 Å². The highest BCUT2D eigenvalue weighted by molar-refractivity contribution is 5.67. The molecule has 0 saturated heterocycles. The van der Waals surface area contributed by atoms with E-state index in [9.17, 15) is 4.79 Å². The van der Waals surface area contributed by atoms with Crippen LogP contribution in [-0.4, -0.2) is 30.3 Å². The van der Waals surface area contributed by atoms with Crippen LogP contribution in [0.4, 0.5) is 4.79 Å². The molecular formula is C20H40N2O2. The standard InChI is InChI=1S/C20H40N2O2/c1-7-8-9-18(14-21-19(23)24-20(4,5)6)22-17-12-10-16(11-13-17)15(2)3/h15-18,22H,7-14H2,1-6H3,(H,21,23). The SMILES string of the molecule is CCCCC(CNC(=O)OC(C)(C)C)NC1CCC(C(C)C)CC1. The Balaban J connectivity index is 2.40. The third kappa shape index (κ3) is 8.91. The molecule has 1 aliphatic rings. The normalized spacial score (nSPS) is 23.1. The van der Waals surface area contributed by atoms with Crippen LogP contribution in [-0.2, 0) is 4.74 Å². The minimum atomic E-state index is -0.439. The molecule has 0 radical (unpaired) electrons. The van der Waals surface area contributed by atoms with Crippen LogP contribution in [0, 0.1) is 11.8 Å². The topological polar surface area (TPSA) is 50.4 Å². The van der Waals surface area contributed by atoms with Crippen molar-refractivity contribution in [2.45, 2.75) is 104 Å². The van der Waals surface area contributed by atoms with E-state index in [1.165, 1.54) is 38.5 Å². The second kappa shape index (κ2) is 10.3. The van der Waals surface area contributed by atoms with E-state index < -0.39 is 5.60 Å². The number of amides is 1. The molecule has 2 N–H and O–H groups in total. The van der Waals surface area contributed by atoms with E-state index in [1.54, 1.807) is 0 Å². The molecule has 0 heterocycles. The Morgan fingerprint density at radius 2 is 1.79 bits per heavy atom. The fourth-order valence-corrected chi connectivity index (χ4v) is 3.50. The van der Waals surface area contributed by atoms with Gasteiger partial charge in [0, 0.05) is 18.6 Å². The van der Waals surface area contributed by atoms with Gasteiger partial charge >= 0.3 is 6.09 Å². The minimum absolute atomic E-state index is 0.311. The van der Waals surface area contributed by atoms with Crippen molar-refractivity contribution < 1.29 is 9.53 Å².